The summed E-state index contributed by atoms with van der Waals surface area (Å²) in [5.41, 5.74) is 0.598. The first-order chi connectivity index (χ1) is 17.6. The van der Waals surface area contributed by atoms with E-state index in [4.69, 9.17) is 21.4 Å². The summed E-state index contributed by atoms with van der Waals surface area (Å²) in [6, 6.07) is 2.21. The van der Waals surface area contributed by atoms with Gasteiger partial charge in [0.1, 0.15) is 11.9 Å². The number of rotatable bonds is 8. The van der Waals surface area contributed by atoms with Crippen LogP contribution in [-0.2, 0) is 14.3 Å². The molecule has 2 N–H and O–H groups in total. The van der Waals surface area contributed by atoms with Crippen molar-refractivity contribution in [2.75, 3.05) is 20.2 Å². The second kappa shape index (κ2) is 11.2. The van der Waals surface area contributed by atoms with Gasteiger partial charge in [0.25, 0.3) is 5.92 Å². The topological polar surface area (TPSA) is 104 Å². The molecule has 0 saturated carbocycles. The third-order valence-electron chi connectivity index (χ3n) is 6.27. The molecule has 8 nitrogen and oxygen atoms in total. The molecule has 2 aromatic rings. The van der Waals surface area contributed by atoms with E-state index in [0.717, 1.165) is 6.07 Å². The fraction of sp³-hybridized carbons (Fsp3) is 0.417. The Morgan fingerprint density at radius 3 is 2.81 bits per heavy atom. The molecule has 0 amide bonds. The standard InChI is InChI=1S/C24H24ClF3N4O4S/c1-36-23(35)19-17(11-32-12-24(27,28)7-6-14(32)3-5-18(33)34)30-21(22-29-8-9-37-22)31-20(19)15-4-2-13(26)10-16(15)25/h2,4,8-10,14,20H,3,5-7,11-12H2,1H3,(H,30,31)(H,33,34)/t14-,20-/m0/s1. The molecule has 0 aliphatic carbocycles. The highest BCUT2D eigenvalue weighted by atomic mass is 35.5. The lowest BCUT2D eigenvalue weighted by Gasteiger charge is -2.41. The molecule has 1 aromatic carbocycles. The van der Waals surface area contributed by atoms with Crippen LogP contribution in [0.25, 0.3) is 0 Å². The number of nitrogens with one attached hydrogen (secondary N) is 1. The van der Waals surface area contributed by atoms with E-state index in [1.165, 1.54) is 35.5 Å². The monoisotopic (exact) mass is 556 g/mol. The number of aliphatic carboxylic acids is 1. The van der Waals surface area contributed by atoms with Gasteiger partial charge >= 0.3 is 11.9 Å². The summed E-state index contributed by atoms with van der Waals surface area (Å²) < 4.78 is 47.7. The zero-order valence-electron chi connectivity index (χ0n) is 19.7. The van der Waals surface area contributed by atoms with Gasteiger partial charge < -0.3 is 15.2 Å². The lowest BCUT2D eigenvalue weighted by Crippen LogP contribution is -2.51. The van der Waals surface area contributed by atoms with E-state index in [2.05, 4.69) is 15.3 Å². The van der Waals surface area contributed by atoms with Crippen molar-refractivity contribution in [2.24, 2.45) is 4.99 Å². The Kier molecular flexibility index (Phi) is 8.20. The maximum atomic E-state index is 14.5. The average Bonchev–Trinajstić information content (AvgIpc) is 3.37. The highest BCUT2D eigenvalue weighted by molar-refractivity contribution is 7.11. The smallest absolute Gasteiger partial charge is 0.338 e. The highest BCUT2D eigenvalue weighted by Crippen LogP contribution is 2.38. The molecule has 0 radical (unpaired) electrons. The highest BCUT2D eigenvalue weighted by Gasteiger charge is 2.42. The van der Waals surface area contributed by atoms with Gasteiger partial charge in [0, 0.05) is 53.3 Å². The van der Waals surface area contributed by atoms with Crippen LogP contribution in [0.2, 0.25) is 5.02 Å². The minimum Gasteiger partial charge on any atom is -0.481 e. The van der Waals surface area contributed by atoms with Crippen LogP contribution in [0.5, 0.6) is 0 Å². The lowest BCUT2D eigenvalue weighted by atomic mass is 9.92. The van der Waals surface area contributed by atoms with Crippen LogP contribution in [0.3, 0.4) is 0 Å². The number of hydrogen-bond donors (Lipinski definition) is 2. The van der Waals surface area contributed by atoms with E-state index in [0.29, 0.717) is 10.6 Å². The van der Waals surface area contributed by atoms with E-state index in [1.807, 2.05) is 0 Å². The Morgan fingerprint density at radius 2 is 2.16 bits per heavy atom. The van der Waals surface area contributed by atoms with Crippen molar-refractivity contribution in [1.82, 2.24) is 15.2 Å². The second-order valence-electron chi connectivity index (χ2n) is 8.78. The molecule has 13 heteroatoms. The number of aromatic nitrogens is 1. The molecule has 1 saturated heterocycles. The predicted octanol–water partition coefficient (Wildman–Crippen LogP) is 4.42. The molecule has 1 fully saturated rings. The number of ether oxygens (including phenoxy) is 1. The summed E-state index contributed by atoms with van der Waals surface area (Å²) in [7, 11) is 1.18. The van der Waals surface area contributed by atoms with Gasteiger partial charge in [0.2, 0.25) is 0 Å². The number of carbonyl (C=O) groups is 2. The Labute approximate surface area is 219 Å². The SMILES string of the molecule is COC(=O)C1=C(CN2CC(F)(F)CC[C@@H]2CCC(=O)O)NC(c2nccs2)=N[C@H]1c1ccc(F)cc1Cl. The van der Waals surface area contributed by atoms with Gasteiger partial charge in [-0.15, -0.1) is 11.3 Å². The van der Waals surface area contributed by atoms with Crippen LogP contribution < -0.4 is 5.32 Å². The molecule has 2 aliphatic rings. The van der Waals surface area contributed by atoms with Crippen molar-refractivity contribution in [3.63, 3.8) is 0 Å². The van der Waals surface area contributed by atoms with Crippen molar-refractivity contribution in [3.8, 4) is 0 Å². The number of benzene rings is 1. The number of alkyl halides is 2. The minimum atomic E-state index is -2.98. The number of aliphatic imine (C=N–C) groups is 1. The maximum absolute atomic E-state index is 14.5. The third-order valence-corrected chi connectivity index (χ3v) is 7.38. The van der Waals surface area contributed by atoms with Crippen molar-refractivity contribution >= 4 is 40.7 Å². The number of thiazole rings is 1. The van der Waals surface area contributed by atoms with Crippen LogP contribution in [0.4, 0.5) is 13.2 Å². The van der Waals surface area contributed by atoms with Gasteiger partial charge in [-0.2, -0.15) is 0 Å². The van der Waals surface area contributed by atoms with Gasteiger partial charge in [-0.3, -0.25) is 14.7 Å². The molecule has 0 unspecified atom stereocenters. The van der Waals surface area contributed by atoms with Crippen LogP contribution >= 0.6 is 22.9 Å². The normalized spacial score (nSPS) is 21.8. The molecule has 0 bridgehead atoms. The van der Waals surface area contributed by atoms with Crippen LogP contribution in [-0.4, -0.2) is 64.9 Å². The van der Waals surface area contributed by atoms with Gasteiger partial charge in [0.15, 0.2) is 10.8 Å². The number of methoxy groups -OCH3 is 1. The first kappa shape index (κ1) is 27.1. The maximum Gasteiger partial charge on any atom is 0.338 e. The molecule has 1 aromatic heterocycles. The van der Waals surface area contributed by atoms with Gasteiger partial charge in [0.05, 0.1) is 19.2 Å². The number of halogens is 4. The van der Waals surface area contributed by atoms with Crippen molar-refractivity contribution < 1.29 is 32.6 Å². The molecular formula is C24H24ClF3N4O4S. The van der Waals surface area contributed by atoms with Gasteiger partial charge in [-0.05, 0) is 25.0 Å². The second-order valence-corrected chi connectivity index (χ2v) is 10.1. The molecule has 37 heavy (non-hydrogen) atoms. The number of carboxylic acid groups (broad SMARTS) is 1. The van der Waals surface area contributed by atoms with E-state index in [1.54, 1.807) is 11.6 Å². The van der Waals surface area contributed by atoms with Crippen LogP contribution in [0.1, 0.15) is 42.3 Å². The number of amidine groups is 1. The fourth-order valence-corrected chi connectivity index (χ4v) is 5.40. The summed E-state index contributed by atoms with van der Waals surface area (Å²) in [6.45, 7) is -0.743. The van der Waals surface area contributed by atoms with Crippen molar-refractivity contribution in [2.45, 2.75) is 43.7 Å². The minimum absolute atomic E-state index is 0.0266. The number of carbonyl (C=O) groups excluding carboxylic acids is 1. The molecule has 2 atom stereocenters. The number of hydrogen-bond acceptors (Lipinski definition) is 8. The van der Waals surface area contributed by atoms with Gasteiger partial charge in [-0.1, -0.05) is 17.7 Å². The average molecular weight is 557 g/mol. The number of carboxylic acids is 1. The van der Waals surface area contributed by atoms with E-state index in [-0.39, 0.29) is 54.4 Å². The third kappa shape index (κ3) is 6.31. The molecule has 3 heterocycles. The Hall–Kier alpha value is -2.96. The molecule has 0 spiro atoms. The van der Waals surface area contributed by atoms with E-state index in [9.17, 15) is 22.8 Å². The summed E-state index contributed by atoms with van der Waals surface area (Å²) in [5, 5.41) is 14.4. The van der Waals surface area contributed by atoms with Crippen molar-refractivity contribution in [1.29, 1.82) is 0 Å². The molecule has 2 aliphatic heterocycles. The Balaban J connectivity index is 1.79. The number of piperidine rings is 1. The van der Waals surface area contributed by atoms with Crippen LogP contribution in [0.15, 0.2) is 46.0 Å². The summed E-state index contributed by atoms with van der Waals surface area (Å²) in [4.78, 5) is 34.6. The summed E-state index contributed by atoms with van der Waals surface area (Å²) in [6.07, 6.45) is 1.30. The predicted molar refractivity (Wildman–Crippen MR) is 131 cm³/mol. The zero-order chi connectivity index (χ0) is 26.7. The quantitative estimate of drug-likeness (QED) is 0.464. The Morgan fingerprint density at radius 1 is 1.38 bits per heavy atom. The van der Waals surface area contributed by atoms with Crippen LogP contribution in [0, 0.1) is 5.82 Å². The zero-order valence-corrected chi connectivity index (χ0v) is 21.3. The van der Waals surface area contributed by atoms with E-state index < -0.39 is 42.3 Å². The first-order valence-corrected chi connectivity index (χ1v) is 12.7. The van der Waals surface area contributed by atoms with Crippen molar-refractivity contribution in [3.05, 3.63) is 62.5 Å². The number of nitrogens with zero attached hydrogens (tertiary/aromatic N) is 3. The Bertz CT molecular complexity index is 1240. The largest absolute Gasteiger partial charge is 0.481 e. The first-order valence-electron chi connectivity index (χ1n) is 11.4. The number of esters is 1. The molecular weight excluding hydrogens is 533 g/mol. The summed E-state index contributed by atoms with van der Waals surface area (Å²) in [5.74, 6) is -5.06. The van der Waals surface area contributed by atoms with E-state index >= 15 is 0 Å². The fourth-order valence-electron chi connectivity index (χ4n) is 4.54. The number of likely N-dealkylation sites (tertiary alicyclic amines) is 1. The van der Waals surface area contributed by atoms with Gasteiger partial charge in [-0.25, -0.2) is 22.9 Å². The lowest BCUT2D eigenvalue weighted by molar-refractivity contribution is -0.138. The molecule has 198 valence electrons. The molecule has 4 rings (SSSR count). The summed E-state index contributed by atoms with van der Waals surface area (Å²) >= 11 is 7.61.